The van der Waals surface area contributed by atoms with Gasteiger partial charge in [-0.2, -0.15) is 0 Å². The highest BCUT2D eigenvalue weighted by atomic mass is 16.3. The molecule has 2 aromatic carbocycles. The molecule has 1 unspecified atom stereocenters. The quantitative estimate of drug-likeness (QED) is 0.837. The summed E-state index contributed by atoms with van der Waals surface area (Å²) >= 11 is 0. The van der Waals surface area contributed by atoms with Crippen LogP contribution >= 0.6 is 0 Å². The molecule has 0 aliphatic heterocycles. The molecular formula is C18H23NO. The van der Waals surface area contributed by atoms with Crippen LogP contribution in [0, 0.1) is 6.92 Å². The van der Waals surface area contributed by atoms with E-state index in [0.29, 0.717) is 6.04 Å². The molecule has 0 spiro atoms. The van der Waals surface area contributed by atoms with Gasteiger partial charge in [-0.15, -0.1) is 0 Å². The van der Waals surface area contributed by atoms with Gasteiger partial charge >= 0.3 is 0 Å². The lowest BCUT2D eigenvalue weighted by atomic mass is 10.0. The monoisotopic (exact) mass is 269 g/mol. The van der Waals surface area contributed by atoms with Crippen molar-refractivity contribution < 1.29 is 5.11 Å². The van der Waals surface area contributed by atoms with Gasteiger partial charge in [-0.1, -0.05) is 61.0 Å². The molecule has 0 radical (unpaired) electrons. The van der Waals surface area contributed by atoms with Crippen molar-refractivity contribution in [2.75, 3.05) is 0 Å². The summed E-state index contributed by atoms with van der Waals surface area (Å²) in [6.07, 6.45) is 1.07. The molecule has 0 fully saturated rings. The molecule has 2 nitrogen and oxygen atoms in total. The van der Waals surface area contributed by atoms with Gasteiger partial charge in [-0.3, -0.25) is 0 Å². The number of hydrogen-bond acceptors (Lipinski definition) is 2. The van der Waals surface area contributed by atoms with Crippen molar-refractivity contribution >= 4 is 0 Å². The van der Waals surface area contributed by atoms with E-state index < -0.39 is 0 Å². The number of benzene rings is 2. The summed E-state index contributed by atoms with van der Waals surface area (Å²) < 4.78 is 0. The SMILES string of the molecule is CCC(NCc1ccc(CO)cc1)c1ccc(C)cc1. The van der Waals surface area contributed by atoms with Crippen LogP contribution in [0.15, 0.2) is 48.5 Å². The van der Waals surface area contributed by atoms with Gasteiger partial charge in [0.2, 0.25) is 0 Å². The highest BCUT2D eigenvalue weighted by Crippen LogP contribution is 2.18. The van der Waals surface area contributed by atoms with Crippen molar-refractivity contribution in [3.05, 3.63) is 70.8 Å². The normalized spacial score (nSPS) is 12.3. The zero-order valence-electron chi connectivity index (χ0n) is 12.3. The van der Waals surface area contributed by atoms with Crippen LogP contribution in [0.5, 0.6) is 0 Å². The van der Waals surface area contributed by atoms with Crippen molar-refractivity contribution in [2.45, 2.75) is 39.5 Å². The van der Waals surface area contributed by atoms with Crippen molar-refractivity contribution in [3.63, 3.8) is 0 Å². The Morgan fingerprint density at radius 2 is 1.55 bits per heavy atom. The van der Waals surface area contributed by atoms with Crippen LogP contribution < -0.4 is 5.32 Å². The van der Waals surface area contributed by atoms with Gasteiger partial charge in [0.1, 0.15) is 0 Å². The minimum Gasteiger partial charge on any atom is -0.392 e. The number of aliphatic hydroxyl groups excluding tert-OH is 1. The lowest BCUT2D eigenvalue weighted by Gasteiger charge is -2.18. The Balaban J connectivity index is 1.97. The molecule has 0 heterocycles. The van der Waals surface area contributed by atoms with Crippen LogP contribution in [0.1, 0.15) is 41.6 Å². The minimum atomic E-state index is 0.106. The van der Waals surface area contributed by atoms with E-state index in [4.69, 9.17) is 5.11 Å². The molecule has 0 aliphatic rings. The molecule has 2 aromatic rings. The summed E-state index contributed by atoms with van der Waals surface area (Å²) in [7, 11) is 0. The third kappa shape index (κ3) is 3.92. The predicted octanol–water partition coefficient (Wildman–Crippen LogP) is 3.73. The van der Waals surface area contributed by atoms with Crippen LogP contribution in [-0.4, -0.2) is 5.11 Å². The molecule has 1 atom stereocenters. The predicted molar refractivity (Wildman–Crippen MR) is 83.4 cm³/mol. The molecule has 20 heavy (non-hydrogen) atoms. The first-order chi connectivity index (χ1) is 9.72. The first-order valence-corrected chi connectivity index (χ1v) is 7.21. The fourth-order valence-electron chi connectivity index (χ4n) is 2.30. The number of aryl methyl sites for hydroxylation is 1. The van der Waals surface area contributed by atoms with Crippen LogP contribution in [0.3, 0.4) is 0 Å². The molecular weight excluding hydrogens is 246 g/mol. The summed E-state index contributed by atoms with van der Waals surface area (Å²) in [5.74, 6) is 0. The van der Waals surface area contributed by atoms with Crippen molar-refractivity contribution in [1.29, 1.82) is 0 Å². The third-order valence-corrected chi connectivity index (χ3v) is 3.65. The Labute approximate surface area is 121 Å². The van der Waals surface area contributed by atoms with E-state index in [1.54, 1.807) is 0 Å². The van der Waals surface area contributed by atoms with Crippen molar-refractivity contribution in [3.8, 4) is 0 Å². The van der Waals surface area contributed by atoms with Crippen LogP contribution in [0.2, 0.25) is 0 Å². The molecule has 2 N–H and O–H groups in total. The number of rotatable bonds is 6. The lowest BCUT2D eigenvalue weighted by molar-refractivity contribution is 0.282. The topological polar surface area (TPSA) is 32.3 Å². The Morgan fingerprint density at radius 3 is 2.10 bits per heavy atom. The second-order valence-corrected chi connectivity index (χ2v) is 5.23. The van der Waals surface area contributed by atoms with Gasteiger partial charge in [0.25, 0.3) is 0 Å². The van der Waals surface area contributed by atoms with Crippen molar-refractivity contribution in [1.82, 2.24) is 5.32 Å². The standard InChI is InChI=1S/C18H23NO/c1-3-18(17-10-4-14(2)5-11-17)19-12-15-6-8-16(13-20)9-7-15/h4-11,18-20H,3,12-13H2,1-2H3. The van der Waals surface area contributed by atoms with Gasteiger partial charge < -0.3 is 10.4 Å². The van der Waals surface area contributed by atoms with Crippen LogP contribution in [0.4, 0.5) is 0 Å². The molecule has 0 bridgehead atoms. The number of aliphatic hydroxyl groups is 1. The fraction of sp³-hybridized carbons (Fsp3) is 0.333. The van der Waals surface area contributed by atoms with E-state index in [9.17, 15) is 0 Å². The summed E-state index contributed by atoms with van der Waals surface area (Å²) in [6, 6.07) is 17.2. The smallest absolute Gasteiger partial charge is 0.0681 e. The highest BCUT2D eigenvalue weighted by molar-refractivity contribution is 5.25. The molecule has 0 aliphatic carbocycles. The molecule has 0 saturated heterocycles. The highest BCUT2D eigenvalue weighted by Gasteiger charge is 2.08. The lowest BCUT2D eigenvalue weighted by Crippen LogP contribution is -2.20. The average Bonchev–Trinajstić information content (AvgIpc) is 2.50. The average molecular weight is 269 g/mol. The van der Waals surface area contributed by atoms with Gasteiger partial charge in [0.05, 0.1) is 6.61 Å². The van der Waals surface area contributed by atoms with E-state index in [2.05, 4.69) is 55.6 Å². The summed E-state index contributed by atoms with van der Waals surface area (Å²) in [4.78, 5) is 0. The van der Waals surface area contributed by atoms with E-state index in [-0.39, 0.29) is 6.61 Å². The number of hydrogen-bond donors (Lipinski definition) is 2. The largest absolute Gasteiger partial charge is 0.392 e. The Kier molecular flexibility index (Phi) is 5.33. The molecule has 0 aromatic heterocycles. The molecule has 0 saturated carbocycles. The second kappa shape index (κ2) is 7.22. The molecule has 2 heteroatoms. The van der Waals surface area contributed by atoms with Gasteiger partial charge in [0, 0.05) is 12.6 Å². The summed E-state index contributed by atoms with van der Waals surface area (Å²) in [5, 5.41) is 12.6. The third-order valence-electron chi connectivity index (χ3n) is 3.65. The summed E-state index contributed by atoms with van der Waals surface area (Å²) in [6.45, 7) is 5.26. The molecule has 2 rings (SSSR count). The Morgan fingerprint density at radius 1 is 0.950 bits per heavy atom. The van der Waals surface area contributed by atoms with Gasteiger partial charge in [-0.25, -0.2) is 0 Å². The zero-order chi connectivity index (χ0) is 14.4. The Bertz CT molecular complexity index is 516. The van der Waals surface area contributed by atoms with E-state index in [1.807, 2.05) is 12.1 Å². The van der Waals surface area contributed by atoms with Crippen molar-refractivity contribution in [2.24, 2.45) is 0 Å². The maximum absolute atomic E-state index is 9.04. The first-order valence-electron chi connectivity index (χ1n) is 7.21. The zero-order valence-corrected chi connectivity index (χ0v) is 12.3. The van der Waals surface area contributed by atoms with Gasteiger partial charge in [-0.05, 0) is 30.0 Å². The maximum atomic E-state index is 9.04. The minimum absolute atomic E-state index is 0.106. The van der Waals surface area contributed by atoms with Crippen LogP contribution in [-0.2, 0) is 13.2 Å². The van der Waals surface area contributed by atoms with E-state index in [1.165, 1.54) is 16.7 Å². The fourth-order valence-corrected chi connectivity index (χ4v) is 2.30. The second-order valence-electron chi connectivity index (χ2n) is 5.23. The molecule has 0 amide bonds. The first kappa shape index (κ1) is 14.8. The summed E-state index contributed by atoms with van der Waals surface area (Å²) in [5.41, 5.74) is 4.83. The maximum Gasteiger partial charge on any atom is 0.0681 e. The van der Waals surface area contributed by atoms with E-state index in [0.717, 1.165) is 18.5 Å². The Hall–Kier alpha value is -1.64. The number of nitrogens with one attached hydrogen (secondary N) is 1. The molecule has 106 valence electrons. The van der Waals surface area contributed by atoms with Gasteiger partial charge in [0.15, 0.2) is 0 Å². The van der Waals surface area contributed by atoms with E-state index >= 15 is 0 Å². The van der Waals surface area contributed by atoms with Crippen LogP contribution in [0.25, 0.3) is 0 Å².